The SMILES string of the molecule is CC(C)CNC(=O)NC(C)C(C)C(=O)O. The Kier molecular flexibility index (Phi) is 5.74. The van der Waals surface area contributed by atoms with Gasteiger partial charge in [-0.3, -0.25) is 4.79 Å². The maximum Gasteiger partial charge on any atom is 0.315 e. The molecule has 0 aliphatic carbocycles. The van der Waals surface area contributed by atoms with E-state index in [4.69, 9.17) is 5.11 Å². The normalized spacial score (nSPS) is 14.5. The molecule has 2 amide bonds. The van der Waals surface area contributed by atoms with Crippen molar-refractivity contribution in [3.8, 4) is 0 Å². The zero-order valence-corrected chi connectivity index (χ0v) is 9.70. The molecule has 5 heteroatoms. The lowest BCUT2D eigenvalue weighted by Crippen LogP contribution is -2.46. The van der Waals surface area contributed by atoms with Gasteiger partial charge in [-0.05, 0) is 19.8 Å². The van der Waals surface area contributed by atoms with Crippen LogP contribution in [0.1, 0.15) is 27.7 Å². The summed E-state index contributed by atoms with van der Waals surface area (Å²) in [6.45, 7) is 7.80. The summed E-state index contributed by atoms with van der Waals surface area (Å²) in [6, 6.07) is -0.695. The number of carbonyl (C=O) groups is 2. The zero-order chi connectivity index (χ0) is 12.0. The first-order valence-electron chi connectivity index (χ1n) is 5.11. The van der Waals surface area contributed by atoms with Crippen molar-refractivity contribution < 1.29 is 14.7 Å². The van der Waals surface area contributed by atoms with E-state index in [1.54, 1.807) is 13.8 Å². The molecule has 5 nitrogen and oxygen atoms in total. The Morgan fingerprint density at radius 3 is 2.13 bits per heavy atom. The van der Waals surface area contributed by atoms with Crippen LogP contribution in [-0.2, 0) is 4.79 Å². The van der Waals surface area contributed by atoms with Gasteiger partial charge < -0.3 is 15.7 Å². The molecule has 88 valence electrons. The van der Waals surface area contributed by atoms with Crippen LogP contribution in [0.15, 0.2) is 0 Å². The van der Waals surface area contributed by atoms with Gasteiger partial charge in [-0.1, -0.05) is 13.8 Å². The fourth-order valence-corrected chi connectivity index (χ4v) is 0.894. The van der Waals surface area contributed by atoms with Crippen molar-refractivity contribution in [3.63, 3.8) is 0 Å². The first-order valence-corrected chi connectivity index (χ1v) is 5.11. The molecule has 2 unspecified atom stereocenters. The molecule has 0 saturated heterocycles. The van der Waals surface area contributed by atoms with E-state index < -0.39 is 11.9 Å². The van der Waals surface area contributed by atoms with Crippen molar-refractivity contribution in [1.29, 1.82) is 0 Å². The molecule has 0 heterocycles. The highest BCUT2D eigenvalue weighted by Gasteiger charge is 2.20. The lowest BCUT2D eigenvalue weighted by Gasteiger charge is -2.18. The Labute approximate surface area is 90.2 Å². The van der Waals surface area contributed by atoms with Gasteiger partial charge in [-0.2, -0.15) is 0 Å². The van der Waals surface area contributed by atoms with Gasteiger partial charge in [0.1, 0.15) is 0 Å². The third kappa shape index (κ3) is 5.93. The molecule has 3 N–H and O–H groups in total. The average molecular weight is 216 g/mol. The Morgan fingerprint density at radius 1 is 1.20 bits per heavy atom. The molecule has 0 fully saturated rings. The fourth-order valence-electron chi connectivity index (χ4n) is 0.894. The van der Waals surface area contributed by atoms with Gasteiger partial charge in [-0.15, -0.1) is 0 Å². The van der Waals surface area contributed by atoms with Crippen molar-refractivity contribution >= 4 is 12.0 Å². The van der Waals surface area contributed by atoms with Crippen molar-refractivity contribution in [3.05, 3.63) is 0 Å². The summed E-state index contributed by atoms with van der Waals surface area (Å²) >= 11 is 0. The molecule has 0 rings (SSSR count). The van der Waals surface area contributed by atoms with E-state index in [0.717, 1.165) is 0 Å². The maximum absolute atomic E-state index is 11.3. The van der Waals surface area contributed by atoms with Gasteiger partial charge in [0.2, 0.25) is 0 Å². The summed E-state index contributed by atoms with van der Waals surface area (Å²) in [6.07, 6.45) is 0. The van der Waals surface area contributed by atoms with E-state index in [0.29, 0.717) is 12.5 Å². The minimum atomic E-state index is -0.911. The van der Waals surface area contributed by atoms with Gasteiger partial charge in [0, 0.05) is 12.6 Å². The summed E-state index contributed by atoms with van der Waals surface area (Å²) in [5, 5.41) is 14.0. The zero-order valence-electron chi connectivity index (χ0n) is 9.70. The molecule has 0 aliphatic heterocycles. The minimum absolute atomic E-state index is 0.315. The van der Waals surface area contributed by atoms with Crippen LogP contribution in [0, 0.1) is 11.8 Å². The molecule has 0 aromatic heterocycles. The number of aliphatic carboxylic acids is 1. The standard InChI is InChI=1S/C10H20N2O3/c1-6(2)5-11-10(15)12-8(4)7(3)9(13)14/h6-8H,5H2,1-4H3,(H,13,14)(H2,11,12,15). The van der Waals surface area contributed by atoms with Crippen LogP contribution in [-0.4, -0.2) is 29.7 Å². The van der Waals surface area contributed by atoms with Crippen LogP contribution < -0.4 is 10.6 Å². The smallest absolute Gasteiger partial charge is 0.315 e. The first-order chi connectivity index (χ1) is 6.84. The topological polar surface area (TPSA) is 78.4 Å². The second kappa shape index (κ2) is 6.27. The molecule has 0 saturated carbocycles. The van der Waals surface area contributed by atoms with Crippen molar-refractivity contribution in [2.45, 2.75) is 33.7 Å². The van der Waals surface area contributed by atoms with E-state index in [-0.39, 0.29) is 12.1 Å². The highest BCUT2D eigenvalue weighted by atomic mass is 16.4. The third-order valence-electron chi connectivity index (χ3n) is 2.17. The maximum atomic E-state index is 11.3. The lowest BCUT2D eigenvalue weighted by molar-refractivity contribution is -0.141. The summed E-state index contributed by atoms with van der Waals surface area (Å²) in [7, 11) is 0. The first kappa shape index (κ1) is 13.7. The third-order valence-corrected chi connectivity index (χ3v) is 2.17. The number of carbonyl (C=O) groups excluding carboxylic acids is 1. The van der Waals surface area contributed by atoms with Gasteiger partial charge >= 0.3 is 12.0 Å². The summed E-state index contributed by atoms with van der Waals surface area (Å²) < 4.78 is 0. The number of carboxylic acid groups (broad SMARTS) is 1. The lowest BCUT2D eigenvalue weighted by atomic mass is 10.0. The highest BCUT2D eigenvalue weighted by Crippen LogP contribution is 2.01. The summed E-state index contributed by atoms with van der Waals surface area (Å²) in [5.74, 6) is -1.12. The number of hydrogen-bond donors (Lipinski definition) is 3. The van der Waals surface area contributed by atoms with Crippen LogP contribution in [0.4, 0.5) is 4.79 Å². The molecule has 2 atom stereocenters. The van der Waals surface area contributed by atoms with Crippen molar-refractivity contribution in [2.75, 3.05) is 6.54 Å². The Morgan fingerprint density at radius 2 is 1.73 bits per heavy atom. The molecule has 0 aromatic carbocycles. The van der Waals surface area contributed by atoms with Crippen LogP contribution in [0.25, 0.3) is 0 Å². The van der Waals surface area contributed by atoms with E-state index in [9.17, 15) is 9.59 Å². The Bertz CT molecular complexity index is 229. The van der Waals surface area contributed by atoms with Crippen LogP contribution in [0.5, 0.6) is 0 Å². The number of hydrogen-bond acceptors (Lipinski definition) is 2. The van der Waals surface area contributed by atoms with E-state index in [1.807, 2.05) is 13.8 Å². The quantitative estimate of drug-likeness (QED) is 0.642. The largest absolute Gasteiger partial charge is 0.481 e. The molecule has 15 heavy (non-hydrogen) atoms. The highest BCUT2D eigenvalue weighted by molar-refractivity contribution is 5.76. The Hall–Kier alpha value is -1.26. The van der Waals surface area contributed by atoms with Crippen LogP contribution >= 0.6 is 0 Å². The molecule has 0 spiro atoms. The number of urea groups is 1. The second-order valence-electron chi connectivity index (χ2n) is 4.16. The number of nitrogens with one attached hydrogen (secondary N) is 2. The number of amides is 2. The van der Waals surface area contributed by atoms with Gasteiger partial charge in [-0.25, -0.2) is 4.79 Å². The van der Waals surface area contributed by atoms with Gasteiger partial charge in [0.15, 0.2) is 0 Å². The van der Waals surface area contributed by atoms with Crippen LogP contribution in [0.3, 0.4) is 0 Å². The van der Waals surface area contributed by atoms with E-state index in [1.165, 1.54) is 0 Å². The predicted molar refractivity (Wildman–Crippen MR) is 57.6 cm³/mol. The Balaban J connectivity index is 3.91. The molecular weight excluding hydrogens is 196 g/mol. The summed E-state index contributed by atoms with van der Waals surface area (Å²) in [4.78, 5) is 21.9. The molecular formula is C10H20N2O3. The van der Waals surface area contributed by atoms with Gasteiger partial charge in [0.05, 0.1) is 5.92 Å². The molecule has 0 aliphatic rings. The van der Waals surface area contributed by atoms with Gasteiger partial charge in [0.25, 0.3) is 0 Å². The molecule has 0 bridgehead atoms. The summed E-state index contributed by atoms with van der Waals surface area (Å²) in [5.41, 5.74) is 0. The predicted octanol–water partition coefficient (Wildman–Crippen LogP) is 1.05. The van der Waals surface area contributed by atoms with E-state index in [2.05, 4.69) is 10.6 Å². The average Bonchev–Trinajstić information content (AvgIpc) is 2.13. The minimum Gasteiger partial charge on any atom is -0.481 e. The van der Waals surface area contributed by atoms with Crippen molar-refractivity contribution in [2.24, 2.45) is 11.8 Å². The van der Waals surface area contributed by atoms with E-state index >= 15 is 0 Å². The monoisotopic (exact) mass is 216 g/mol. The van der Waals surface area contributed by atoms with Crippen LogP contribution in [0.2, 0.25) is 0 Å². The van der Waals surface area contributed by atoms with Crippen molar-refractivity contribution in [1.82, 2.24) is 10.6 Å². The number of rotatable bonds is 5. The second-order valence-corrected chi connectivity index (χ2v) is 4.16. The molecule has 0 aromatic rings. The number of carboxylic acids is 1. The molecule has 0 radical (unpaired) electrons. The fraction of sp³-hybridized carbons (Fsp3) is 0.800.